The van der Waals surface area contributed by atoms with Gasteiger partial charge in [0.15, 0.2) is 0 Å². The number of piperidine rings is 1. The van der Waals surface area contributed by atoms with Gasteiger partial charge in [-0.25, -0.2) is 0 Å². The van der Waals surface area contributed by atoms with Crippen molar-refractivity contribution < 1.29 is 5.11 Å². The van der Waals surface area contributed by atoms with E-state index in [1.807, 2.05) is 0 Å². The van der Waals surface area contributed by atoms with Crippen molar-refractivity contribution in [1.29, 1.82) is 0 Å². The second-order valence-electron chi connectivity index (χ2n) is 6.61. The van der Waals surface area contributed by atoms with E-state index in [2.05, 4.69) is 47.1 Å². The standard InChI is InChI=1S/C19H24N2O/c1-2-13-12-21-9-7-16-15-5-3-4-6-17(15)20-19(16)18(21)11-14(13)8-10-22/h2-6,14,18,20,22H,7-12H2,1H3/t14-,18+/m1/s1. The summed E-state index contributed by atoms with van der Waals surface area (Å²) in [6, 6.07) is 9.15. The monoisotopic (exact) mass is 296 g/mol. The highest BCUT2D eigenvalue weighted by atomic mass is 16.3. The fourth-order valence-corrected chi connectivity index (χ4v) is 4.40. The smallest absolute Gasteiger partial charge is 0.0510 e. The van der Waals surface area contributed by atoms with Gasteiger partial charge < -0.3 is 10.1 Å². The van der Waals surface area contributed by atoms with Crippen LogP contribution in [0.1, 0.15) is 37.1 Å². The number of aromatic nitrogens is 1. The third-order valence-corrected chi connectivity index (χ3v) is 5.54. The molecule has 2 aliphatic rings. The summed E-state index contributed by atoms with van der Waals surface area (Å²) in [6.45, 7) is 4.62. The normalized spacial score (nSPS) is 27.1. The number of para-hydroxylation sites is 1. The molecule has 0 aliphatic carbocycles. The molecule has 116 valence electrons. The molecule has 1 saturated heterocycles. The van der Waals surface area contributed by atoms with Gasteiger partial charge in [-0.2, -0.15) is 0 Å². The Balaban J connectivity index is 1.74. The van der Waals surface area contributed by atoms with Crippen LogP contribution in [-0.4, -0.2) is 34.7 Å². The molecule has 1 fully saturated rings. The summed E-state index contributed by atoms with van der Waals surface area (Å²) in [4.78, 5) is 6.30. The number of benzene rings is 1. The SMILES string of the molecule is CC=C1CN2CCc3c([nH]c4ccccc34)[C@@H]2C[C@H]1CCO. The number of rotatable bonds is 2. The van der Waals surface area contributed by atoms with Crippen LogP contribution in [0.15, 0.2) is 35.9 Å². The van der Waals surface area contributed by atoms with E-state index in [1.54, 1.807) is 0 Å². The van der Waals surface area contributed by atoms with Crippen molar-refractivity contribution in [2.45, 2.75) is 32.2 Å². The Labute approximate surface area is 131 Å². The lowest BCUT2D eigenvalue weighted by atomic mass is 9.80. The summed E-state index contributed by atoms with van der Waals surface area (Å²) >= 11 is 0. The zero-order valence-corrected chi connectivity index (χ0v) is 13.2. The van der Waals surface area contributed by atoms with Gasteiger partial charge in [0.2, 0.25) is 0 Å². The van der Waals surface area contributed by atoms with Gasteiger partial charge in [0, 0.05) is 36.3 Å². The van der Waals surface area contributed by atoms with Gasteiger partial charge in [-0.3, -0.25) is 4.90 Å². The highest BCUT2D eigenvalue weighted by Crippen LogP contribution is 2.43. The molecular weight excluding hydrogens is 272 g/mol. The molecule has 3 heteroatoms. The Kier molecular flexibility index (Phi) is 3.55. The summed E-state index contributed by atoms with van der Waals surface area (Å²) in [6.07, 6.45) is 5.41. The zero-order valence-electron chi connectivity index (χ0n) is 13.2. The molecule has 1 aromatic heterocycles. The predicted octanol–water partition coefficient (Wildman–Crippen LogP) is 3.42. The van der Waals surface area contributed by atoms with E-state index in [0.29, 0.717) is 12.0 Å². The number of allylic oxidation sites excluding steroid dienone is 1. The highest BCUT2D eigenvalue weighted by Gasteiger charge is 2.36. The maximum atomic E-state index is 9.39. The Morgan fingerprint density at radius 3 is 3.05 bits per heavy atom. The summed E-state index contributed by atoms with van der Waals surface area (Å²) < 4.78 is 0. The molecule has 4 rings (SSSR count). The molecule has 3 nitrogen and oxygen atoms in total. The molecule has 2 atom stereocenters. The molecular formula is C19H24N2O. The van der Waals surface area contributed by atoms with Crippen molar-refractivity contribution in [1.82, 2.24) is 9.88 Å². The van der Waals surface area contributed by atoms with Crippen molar-refractivity contribution in [3.05, 3.63) is 47.2 Å². The Morgan fingerprint density at radius 2 is 2.23 bits per heavy atom. The first-order chi connectivity index (χ1) is 10.8. The lowest BCUT2D eigenvalue weighted by molar-refractivity contribution is 0.126. The molecule has 3 heterocycles. The molecule has 2 N–H and O–H groups in total. The molecule has 0 spiro atoms. The molecule has 0 amide bonds. The second kappa shape index (κ2) is 5.56. The van der Waals surface area contributed by atoms with Gasteiger partial charge in [0.05, 0.1) is 6.04 Å². The molecule has 1 aromatic carbocycles. The molecule has 0 saturated carbocycles. The molecule has 0 radical (unpaired) electrons. The van der Waals surface area contributed by atoms with Gasteiger partial charge in [-0.05, 0) is 43.7 Å². The number of hydrogen-bond donors (Lipinski definition) is 2. The number of hydrogen-bond acceptors (Lipinski definition) is 2. The van der Waals surface area contributed by atoms with Gasteiger partial charge in [-0.1, -0.05) is 29.8 Å². The summed E-state index contributed by atoms with van der Waals surface area (Å²) in [5.74, 6) is 0.522. The van der Waals surface area contributed by atoms with Gasteiger partial charge in [-0.15, -0.1) is 0 Å². The third kappa shape index (κ3) is 2.11. The van der Waals surface area contributed by atoms with Crippen LogP contribution in [0.2, 0.25) is 0 Å². The summed E-state index contributed by atoms with van der Waals surface area (Å²) in [7, 11) is 0. The minimum Gasteiger partial charge on any atom is -0.396 e. The molecule has 0 bridgehead atoms. The highest BCUT2D eigenvalue weighted by molar-refractivity contribution is 5.85. The Hall–Kier alpha value is -1.58. The minimum atomic E-state index is 0.286. The number of H-pyrrole nitrogens is 1. The average molecular weight is 296 g/mol. The second-order valence-corrected chi connectivity index (χ2v) is 6.61. The molecule has 0 unspecified atom stereocenters. The first kappa shape index (κ1) is 14.0. The van der Waals surface area contributed by atoms with Crippen molar-refractivity contribution in [2.75, 3.05) is 19.7 Å². The van der Waals surface area contributed by atoms with E-state index in [-0.39, 0.29) is 6.61 Å². The number of aliphatic hydroxyl groups excluding tert-OH is 1. The van der Waals surface area contributed by atoms with Crippen molar-refractivity contribution in [3.63, 3.8) is 0 Å². The van der Waals surface area contributed by atoms with Crippen LogP contribution in [-0.2, 0) is 6.42 Å². The fourth-order valence-electron chi connectivity index (χ4n) is 4.40. The maximum absolute atomic E-state index is 9.39. The van der Waals surface area contributed by atoms with Crippen LogP contribution < -0.4 is 0 Å². The number of aromatic amines is 1. The van der Waals surface area contributed by atoms with Crippen LogP contribution in [0.4, 0.5) is 0 Å². The van der Waals surface area contributed by atoms with Crippen molar-refractivity contribution >= 4 is 10.9 Å². The van der Waals surface area contributed by atoms with Crippen LogP contribution in [0.3, 0.4) is 0 Å². The van der Waals surface area contributed by atoms with E-state index in [4.69, 9.17) is 0 Å². The molecule has 2 aliphatic heterocycles. The zero-order chi connectivity index (χ0) is 15.1. The summed E-state index contributed by atoms with van der Waals surface area (Å²) in [5, 5.41) is 10.8. The Morgan fingerprint density at radius 1 is 1.36 bits per heavy atom. The quantitative estimate of drug-likeness (QED) is 0.834. The van der Waals surface area contributed by atoms with Gasteiger partial charge in [0.1, 0.15) is 0 Å². The van der Waals surface area contributed by atoms with E-state index >= 15 is 0 Å². The van der Waals surface area contributed by atoms with E-state index in [1.165, 1.54) is 27.7 Å². The lowest BCUT2D eigenvalue weighted by Gasteiger charge is -2.43. The number of fused-ring (bicyclic) bond motifs is 5. The van der Waals surface area contributed by atoms with Crippen LogP contribution >= 0.6 is 0 Å². The number of nitrogens with zero attached hydrogens (tertiary/aromatic N) is 1. The Bertz CT molecular complexity index is 715. The van der Waals surface area contributed by atoms with Crippen LogP contribution in [0.5, 0.6) is 0 Å². The first-order valence-electron chi connectivity index (χ1n) is 8.41. The van der Waals surface area contributed by atoms with E-state index in [9.17, 15) is 5.11 Å². The fraction of sp³-hybridized carbons (Fsp3) is 0.474. The molecule has 2 aromatic rings. The first-order valence-corrected chi connectivity index (χ1v) is 8.41. The number of nitrogens with one attached hydrogen (secondary N) is 1. The lowest BCUT2D eigenvalue weighted by Crippen LogP contribution is -2.42. The largest absolute Gasteiger partial charge is 0.396 e. The minimum absolute atomic E-state index is 0.286. The van der Waals surface area contributed by atoms with E-state index < -0.39 is 0 Å². The maximum Gasteiger partial charge on any atom is 0.0510 e. The predicted molar refractivity (Wildman–Crippen MR) is 89.9 cm³/mol. The topological polar surface area (TPSA) is 39.3 Å². The number of aliphatic hydroxyl groups is 1. The average Bonchev–Trinajstić information content (AvgIpc) is 2.93. The molecule has 22 heavy (non-hydrogen) atoms. The summed E-state index contributed by atoms with van der Waals surface area (Å²) in [5.41, 5.74) is 5.71. The van der Waals surface area contributed by atoms with Gasteiger partial charge >= 0.3 is 0 Å². The van der Waals surface area contributed by atoms with Crippen molar-refractivity contribution in [3.8, 4) is 0 Å². The van der Waals surface area contributed by atoms with E-state index in [0.717, 1.165) is 32.4 Å². The van der Waals surface area contributed by atoms with Crippen LogP contribution in [0.25, 0.3) is 10.9 Å². The van der Waals surface area contributed by atoms with Crippen LogP contribution in [0, 0.1) is 5.92 Å². The third-order valence-electron chi connectivity index (χ3n) is 5.54. The van der Waals surface area contributed by atoms with Gasteiger partial charge in [0.25, 0.3) is 0 Å². The van der Waals surface area contributed by atoms with Crippen molar-refractivity contribution in [2.24, 2.45) is 5.92 Å².